The molecule has 4 rings (SSSR count). The van der Waals surface area contributed by atoms with Gasteiger partial charge in [0.25, 0.3) is 6.47 Å². The van der Waals surface area contributed by atoms with Gasteiger partial charge in [0.05, 0.1) is 0 Å². The second kappa shape index (κ2) is 11.3. The lowest BCUT2D eigenvalue weighted by molar-refractivity contribution is -0.139. The summed E-state index contributed by atoms with van der Waals surface area (Å²) in [5, 5.41) is 9.83. The molecule has 1 unspecified atom stereocenters. The number of rotatable bonds is 8. The molecule has 0 saturated carbocycles. The summed E-state index contributed by atoms with van der Waals surface area (Å²) >= 11 is 0. The first-order chi connectivity index (χ1) is 16.2. The summed E-state index contributed by atoms with van der Waals surface area (Å²) < 4.78 is 10.7. The first kappa shape index (κ1) is 25.5. The van der Waals surface area contributed by atoms with Crippen LogP contribution >= 0.6 is 0 Å². The van der Waals surface area contributed by atoms with E-state index < -0.39 is 5.97 Å². The third-order valence-electron chi connectivity index (χ3n) is 5.74. The van der Waals surface area contributed by atoms with Crippen LogP contribution in [-0.4, -0.2) is 46.2 Å². The van der Waals surface area contributed by atoms with Gasteiger partial charge in [-0.15, -0.1) is 0 Å². The largest absolute Gasteiger partial charge is 0.481 e. The van der Waals surface area contributed by atoms with Crippen LogP contribution in [0.3, 0.4) is 0 Å². The molecule has 8 nitrogen and oxygen atoms in total. The normalized spacial score (nSPS) is 14.6. The zero-order chi connectivity index (χ0) is 24.7. The Morgan fingerprint density at radius 2 is 1.91 bits per heavy atom. The third-order valence-corrected chi connectivity index (χ3v) is 5.74. The molecule has 8 heteroatoms. The minimum absolute atomic E-state index is 0.179. The molecule has 184 valence electrons. The van der Waals surface area contributed by atoms with Crippen molar-refractivity contribution < 1.29 is 23.8 Å². The fraction of sp³-hybridized carbons (Fsp3) is 0.538. The number of nitrogens with zero attached hydrogens (tertiary/aromatic N) is 3. The molecule has 0 bridgehead atoms. The number of carbonyl (C=O) groups is 2. The number of para-hydroxylation sites is 1. The number of ether oxygens (including phenoxy) is 1. The van der Waals surface area contributed by atoms with E-state index in [2.05, 4.69) is 16.6 Å². The van der Waals surface area contributed by atoms with Crippen molar-refractivity contribution in [2.45, 2.75) is 77.7 Å². The second-order valence-electron chi connectivity index (χ2n) is 9.74. The van der Waals surface area contributed by atoms with E-state index in [1.807, 2.05) is 45.0 Å². The van der Waals surface area contributed by atoms with Crippen molar-refractivity contribution in [3.05, 3.63) is 30.1 Å². The predicted octanol–water partition coefficient (Wildman–Crippen LogP) is 5.68. The smallest absolute Gasteiger partial charge is 0.303 e. The van der Waals surface area contributed by atoms with Crippen LogP contribution in [0.15, 0.2) is 28.7 Å². The number of hydrogen-bond acceptors (Lipinski definition) is 7. The lowest BCUT2D eigenvalue weighted by Crippen LogP contribution is -2.20. The lowest BCUT2D eigenvalue weighted by Gasteiger charge is -2.18. The van der Waals surface area contributed by atoms with E-state index >= 15 is 0 Å². The summed E-state index contributed by atoms with van der Waals surface area (Å²) in [7, 11) is 0. The molecule has 1 atom stereocenters. The molecule has 1 aliphatic heterocycles. The number of carbonyl (C=O) groups excluding carboxylic acids is 1. The summed E-state index contributed by atoms with van der Waals surface area (Å²) in [6, 6.07) is 7.99. The van der Waals surface area contributed by atoms with Crippen LogP contribution in [0.4, 0.5) is 5.82 Å². The molecule has 1 N–H and O–H groups in total. The molecule has 0 amide bonds. The Kier molecular flexibility index (Phi) is 8.47. The minimum Gasteiger partial charge on any atom is -0.481 e. The van der Waals surface area contributed by atoms with E-state index in [0.717, 1.165) is 59.6 Å². The third kappa shape index (κ3) is 6.68. The fourth-order valence-electron chi connectivity index (χ4n) is 3.96. The van der Waals surface area contributed by atoms with Gasteiger partial charge in [-0.2, -0.15) is 0 Å². The maximum Gasteiger partial charge on any atom is 0.303 e. The van der Waals surface area contributed by atoms with E-state index in [1.54, 1.807) is 0 Å². The highest BCUT2D eigenvalue weighted by Crippen LogP contribution is 2.35. The zero-order valence-electron chi connectivity index (χ0n) is 20.5. The van der Waals surface area contributed by atoms with Crippen LogP contribution in [0, 0.1) is 0 Å². The number of carboxylic acids is 1. The van der Waals surface area contributed by atoms with Gasteiger partial charge in [-0.25, -0.2) is 9.97 Å². The highest BCUT2D eigenvalue weighted by molar-refractivity contribution is 6.05. The summed E-state index contributed by atoms with van der Waals surface area (Å²) in [5.74, 6) is 1.17. The van der Waals surface area contributed by atoms with Crippen LogP contribution in [-0.2, 0) is 14.3 Å². The summed E-state index contributed by atoms with van der Waals surface area (Å²) in [5.41, 5.74) is 2.19. The van der Waals surface area contributed by atoms with E-state index in [-0.39, 0.29) is 17.9 Å². The molecular weight excluding hydrogens is 434 g/mol. The Morgan fingerprint density at radius 1 is 1.21 bits per heavy atom. The molecule has 1 fully saturated rings. The lowest BCUT2D eigenvalue weighted by atomic mass is 10.0. The van der Waals surface area contributed by atoms with E-state index in [4.69, 9.17) is 19.5 Å². The van der Waals surface area contributed by atoms with Gasteiger partial charge in [0.2, 0.25) is 0 Å². The fourth-order valence-corrected chi connectivity index (χ4v) is 3.96. The van der Waals surface area contributed by atoms with Crippen molar-refractivity contribution in [1.82, 2.24) is 9.97 Å². The van der Waals surface area contributed by atoms with Crippen LogP contribution in [0.25, 0.3) is 22.1 Å². The topological polar surface area (TPSA) is 106 Å². The summed E-state index contributed by atoms with van der Waals surface area (Å²) in [6.07, 6.45) is 5.00. The monoisotopic (exact) mass is 469 g/mol. The maximum absolute atomic E-state index is 10.7. The Balaban J connectivity index is 0.000000406. The van der Waals surface area contributed by atoms with E-state index in [1.165, 1.54) is 12.8 Å². The number of carboxylic acid groups (broad SMARTS) is 1. The standard InChI is InChI=1S/C21H25N3O3.C5H10O2/c1-14(8-2-5-11-17(25)26)20-22-18-15-9-3-4-10-16(15)27-19(18)21(23-20)24-12-6-7-13-24;1-5(2,3)7-4-6/h3-4,9-10,14H,2,5-8,11-13H2,1H3,(H,25,26);4H,1-3H3. The molecule has 0 radical (unpaired) electrons. The van der Waals surface area contributed by atoms with Crippen LogP contribution in [0.5, 0.6) is 0 Å². The Hall–Kier alpha value is -3.16. The van der Waals surface area contributed by atoms with Gasteiger partial charge in [0, 0.05) is 30.8 Å². The molecule has 2 aromatic heterocycles. The first-order valence-corrected chi connectivity index (χ1v) is 12.0. The van der Waals surface area contributed by atoms with Gasteiger partial charge in [-0.3, -0.25) is 9.59 Å². The van der Waals surface area contributed by atoms with Gasteiger partial charge >= 0.3 is 5.97 Å². The van der Waals surface area contributed by atoms with Crippen molar-refractivity contribution >= 4 is 40.3 Å². The van der Waals surface area contributed by atoms with Gasteiger partial charge in [0.1, 0.15) is 22.5 Å². The molecule has 1 aromatic carbocycles. The predicted molar refractivity (Wildman–Crippen MR) is 132 cm³/mol. The van der Waals surface area contributed by atoms with Crippen molar-refractivity contribution in [2.24, 2.45) is 0 Å². The van der Waals surface area contributed by atoms with E-state index in [9.17, 15) is 9.59 Å². The van der Waals surface area contributed by atoms with Gasteiger partial charge in [0.15, 0.2) is 11.4 Å². The van der Waals surface area contributed by atoms with Crippen LogP contribution in [0.2, 0.25) is 0 Å². The number of hydrogen-bond donors (Lipinski definition) is 1. The van der Waals surface area contributed by atoms with Crippen molar-refractivity contribution in [1.29, 1.82) is 0 Å². The molecule has 3 aromatic rings. The summed E-state index contributed by atoms with van der Waals surface area (Å²) in [6.45, 7) is 10.0. The van der Waals surface area contributed by atoms with Crippen molar-refractivity contribution in [3.8, 4) is 0 Å². The van der Waals surface area contributed by atoms with Crippen LogP contribution < -0.4 is 4.90 Å². The Morgan fingerprint density at radius 3 is 2.53 bits per heavy atom. The quantitative estimate of drug-likeness (QED) is 0.332. The van der Waals surface area contributed by atoms with E-state index in [0.29, 0.717) is 12.9 Å². The first-order valence-electron chi connectivity index (χ1n) is 12.0. The number of fused-ring (bicyclic) bond motifs is 3. The van der Waals surface area contributed by atoms with Gasteiger partial charge in [-0.05, 0) is 58.6 Å². The second-order valence-corrected chi connectivity index (χ2v) is 9.74. The zero-order valence-corrected chi connectivity index (χ0v) is 20.5. The molecule has 34 heavy (non-hydrogen) atoms. The number of unbranched alkanes of at least 4 members (excludes halogenated alkanes) is 1. The number of anilines is 1. The van der Waals surface area contributed by atoms with Crippen LogP contribution in [0.1, 0.15) is 78.0 Å². The Bertz CT molecular complexity index is 1110. The highest BCUT2D eigenvalue weighted by atomic mass is 16.5. The number of aliphatic carboxylic acids is 1. The highest BCUT2D eigenvalue weighted by Gasteiger charge is 2.23. The molecule has 1 saturated heterocycles. The Labute approximate surface area is 200 Å². The van der Waals surface area contributed by atoms with Crippen molar-refractivity contribution in [3.63, 3.8) is 0 Å². The number of benzene rings is 1. The maximum atomic E-state index is 10.7. The number of furan rings is 1. The summed E-state index contributed by atoms with van der Waals surface area (Å²) in [4.78, 5) is 32.4. The SMILES string of the molecule is CC(C)(C)OC=O.CC(CCCCC(=O)O)c1nc(N2CCCC2)c2oc3ccccc3c2n1. The molecule has 0 spiro atoms. The average Bonchev–Trinajstić information content (AvgIpc) is 3.43. The molecule has 1 aliphatic rings. The molecule has 3 heterocycles. The van der Waals surface area contributed by atoms with Crippen molar-refractivity contribution in [2.75, 3.05) is 18.0 Å². The molecule has 0 aliphatic carbocycles. The molecular formula is C26H35N3O5. The minimum atomic E-state index is -0.735. The number of aromatic nitrogens is 2. The van der Waals surface area contributed by atoms with Gasteiger partial charge in [-0.1, -0.05) is 25.5 Å². The van der Waals surface area contributed by atoms with Gasteiger partial charge < -0.3 is 19.2 Å². The average molecular weight is 470 g/mol.